The number of hydrogen-bond acceptors (Lipinski definition) is 2. The van der Waals surface area contributed by atoms with E-state index in [4.69, 9.17) is 0 Å². The third-order valence-electron chi connectivity index (χ3n) is 4.31. The predicted molar refractivity (Wildman–Crippen MR) is 74.1 cm³/mol. The van der Waals surface area contributed by atoms with Gasteiger partial charge in [0.15, 0.2) is 0 Å². The Kier molecular flexibility index (Phi) is 3.72. The van der Waals surface area contributed by atoms with E-state index >= 15 is 0 Å². The molecular formula is C15H28N2O. The summed E-state index contributed by atoms with van der Waals surface area (Å²) in [6, 6.07) is 0.0242. The molecule has 1 saturated heterocycles. The number of carbonyl (C=O) groups is 1. The standard InChI is InChI=1S/C15H28N2O/c1-10(2)8-12-16-13(11(3)4)14(18)17(12)9-15(5)6-7-15/h10-13,16H,6-9H2,1-5H3. The molecular weight excluding hydrogens is 224 g/mol. The minimum Gasteiger partial charge on any atom is -0.325 e. The number of rotatable bonds is 5. The van der Waals surface area contributed by atoms with Crippen LogP contribution in [0.2, 0.25) is 0 Å². The molecule has 1 heterocycles. The zero-order chi connectivity index (χ0) is 13.5. The monoisotopic (exact) mass is 252 g/mol. The highest BCUT2D eigenvalue weighted by Crippen LogP contribution is 2.46. The lowest BCUT2D eigenvalue weighted by molar-refractivity contribution is -0.131. The summed E-state index contributed by atoms with van der Waals surface area (Å²) in [4.78, 5) is 14.6. The zero-order valence-electron chi connectivity index (χ0n) is 12.5. The van der Waals surface area contributed by atoms with Crippen LogP contribution in [0.15, 0.2) is 0 Å². The molecule has 0 aromatic rings. The van der Waals surface area contributed by atoms with E-state index in [1.807, 2.05) is 0 Å². The molecule has 3 nitrogen and oxygen atoms in total. The van der Waals surface area contributed by atoms with E-state index in [2.05, 4.69) is 44.8 Å². The Morgan fingerprint density at radius 1 is 1.33 bits per heavy atom. The van der Waals surface area contributed by atoms with Crippen LogP contribution in [0.1, 0.15) is 53.9 Å². The molecule has 104 valence electrons. The molecule has 1 saturated carbocycles. The predicted octanol–water partition coefficient (Wildman–Crippen LogP) is 2.62. The molecule has 0 aromatic heterocycles. The van der Waals surface area contributed by atoms with E-state index in [0.717, 1.165) is 13.0 Å². The molecule has 2 rings (SSSR count). The maximum atomic E-state index is 12.5. The van der Waals surface area contributed by atoms with E-state index in [9.17, 15) is 4.79 Å². The van der Waals surface area contributed by atoms with Crippen LogP contribution < -0.4 is 5.32 Å². The maximum absolute atomic E-state index is 12.5. The summed E-state index contributed by atoms with van der Waals surface area (Å²) < 4.78 is 0. The van der Waals surface area contributed by atoms with Gasteiger partial charge in [0.05, 0.1) is 12.2 Å². The first kappa shape index (κ1) is 13.9. The molecule has 1 aliphatic heterocycles. The molecule has 0 aromatic carbocycles. The summed E-state index contributed by atoms with van der Waals surface area (Å²) >= 11 is 0. The van der Waals surface area contributed by atoms with Crippen LogP contribution in [0.4, 0.5) is 0 Å². The van der Waals surface area contributed by atoms with E-state index in [1.165, 1.54) is 12.8 Å². The highest BCUT2D eigenvalue weighted by atomic mass is 16.2. The summed E-state index contributed by atoms with van der Waals surface area (Å²) in [7, 11) is 0. The summed E-state index contributed by atoms with van der Waals surface area (Å²) in [5.41, 5.74) is 0.401. The van der Waals surface area contributed by atoms with Crippen molar-refractivity contribution >= 4 is 5.91 Å². The normalized spacial score (nSPS) is 30.6. The minimum absolute atomic E-state index is 0.0242. The molecule has 0 radical (unpaired) electrons. The molecule has 2 aliphatic rings. The lowest BCUT2D eigenvalue weighted by Crippen LogP contribution is -2.41. The van der Waals surface area contributed by atoms with Crippen molar-refractivity contribution in [3.8, 4) is 0 Å². The van der Waals surface area contributed by atoms with Crippen LogP contribution in [0, 0.1) is 17.3 Å². The number of nitrogens with one attached hydrogen (secondary N) is 1. The van der Waals surface area contributed by atoms with Gasteiger partial charge >= 0.3 is 0 Å². The van der Waals surface area contributed by atoms with E-state index < -0.39 is 0 Å². The van der Waals surface area contributed by atoms with Gasteiger partial charge in [-0.3, -0.25) is 10.1 Å². The number of amides is 1. The van der Waals surface area contributed by atoms with Crippen molar-refractivity contribution in [2.45, 2.75) is 66.1 Å². The molecule has 0 bridgehead atoms. The number of carbonyl (C=O) groups excluding carboxylic acids is 1. The number of nitrogens with zero attached hydrogens (tertiary/aromatic N) is 1. The topological polar surface area (TPSA) is 32.3 Å². The van der Waals surface area contributed by atoms with Crippen molar-refractivity contribution in [2.24, 2.45) is 17.3 Å². The summed E-state index contributed by atoms with van der Waals surface area (Å²) in [6.07, 6.45) is 3.86. The van der Waals surface area contributed by atoms with Crippen LogP contribution in [0.25, 0.3) is 0 Å². The lowest BCUT2D eigenvalue weighted by atomic mass is 10.0. The first-order valence-electron chi connectivity index (χ1n) is 7.39. The van der Waals surface area contributed by atoms with Gasteiger partial charge in [-0.25, -0.2) is 0 Å². The van der Waals surface area contributed by atoms with Crippen LogP contribution in [0.5, 0.6) is 0 Å². The quantitative estimate of drug-likeness (QED) is 0.816. The van der Waals surface area contributed by atoms with Crippen LogP contribution in [-0.2, 0) is 4.79 Å². The molecule has 1 N–H and O–H groups in total. The second-order valence-electron chi connectivity index (χ2n) is 7.31. The van der Waals surface area contributed by atoms with E-state index in [1.54, 1.807) is 0 Å². The van der Waals surface area contributed by atoms with Crippen molar-refractivity contribution in [3.63, 3.8) is 0 Å². The molecule has 0 spiro atoms. The van der Waals surface area contributed by atoms with Crippen molar-refractivity contribution < 1.29 is 4.79 Å². The van der Waals surface area contributed by atoms with Crippen molar-refractivity contribution in [1.82, 2.24) is 10.2 Å². The van der Waals surface area contributed by atoms with Crippen LogP contribution in [0.3, 0.4) is 0 Å². The molecule has 1 amide bonds. The SMILES string of the molecule is CC(C)CC1NC(C(C)C)C(=O)N1CC1(C)CC1. The average Bonchev–Trinajstić information content (AvgIpc) is 2.90. The fraction of sp³-hybridized carbons (Fsp3) is 0.933. The maximum Gasteiger partial charge on any atom is 0.241 e. The van der Waals surface area contributed by atoms with Gasteiger partial charge in [0.25, 0.3) is 0 Å². The van der Waals surface area contributed by atoms with Gasteiger partial charge in [0, 0.05) is 6.54 Å². The minimum atomic E-state index is 0.0242. The molecule has 3 heteroatoms. The first-order valence-corrected chi connectivity index (χ1v) is 7.39. The van der Waals surface area contributed by atoms with Crippen LogP contribution >= 0.6 is 0 Å². The Labute approximate surface area is 111 Å². The Balaban J connectivity index is 2.07. The summed E-state index contributed by atoms with van der Waals surface area (Å²) in [6.45, 7) is 12.0. The molecule has 2 atom stereocenters. The third kappa shape index (κ3) is 2.87. The smallest absolute Gasteiger partial charge is 0.241 e. The second-order valence-corrected chi connectivity index (χ2v) is 7.31. The van der Waals surface area contributed by atoms with Gasteiger partial charge in [0.1, 0.15) is 0 Å². The first-order chi connectivity index (χ1) is 8.32. The van der Waals surface area contributed by atoms with Gasteiger partial charge in [-0.05, 0) is 36.5 Å². The Morgan fingerprint density at radius 3 is 2.39 bits per heavy atom. The van der Waals surface area contributed by atoms with E-state index in [0.29, 0.717) is 23.2 Å². The van der Waals surface area contributed by atoms with Gasteiger partial charge < -0.3 is 4.90 Å². The van der Waals surface area contributed by atoms with Gasteiger partial charge in [0.2, 0.25) is 5.91 Å². The zero-order valence-corrected chi connectivity index (χ0v) is 12.5. The Bertz CT molecular complexity index is 320. The summed E-state index contributed by atoms with van der Waals surface area (Å²) in [5, 5.41) is 3.55. The summed E-state index contributed by atoms with van der Waals surface area (Å²) in [5.74, 6) is 1.32. The molecule has 18 heavy (non-hydrogen) atoms. The molecule has 1 aliphatic carbocycles. The number of hydrogen-bond donors (Lipinski definition) is 1. The third-order valence-corrected chi connectivity index (χ3v) is 4.31. The molecule has 2 fully saturated rings. The van der Waals surface area contributed by atoms with Crippen LogP contribution in [-0.4, -0.2) is 29.6 Å². The van der Waals surface area contributed by atoms with E-state index in [-0.39, 0.29) is 12.2 Å². The van der Waals surface area contributed by atoms with Gasteiger partial charge in [-0.1, -0.05) is 34.6 Å². The largest absolute Gasteiger partial charge is 0.325 e. The molecule has 2 unspecified atom stereocenters. The fourth-order valence-corrected chi connectivity index (χ4v) is 2.79. The van der Waals surface area contributed by atoms with Gasteiger partial charge in [-0.15, -0.1) is 0 Å². The average molecular weight is 252 g/mol. The van der Waals surface area contributed by atoms with Gasteiger partial charge in [-0.2, -0.15) is 0 Å². The lowest BCUT2D eigenvalue weighted by Gasteiger charge is -2.28. The fourth-order valence-electron chi connectivity index (χ4n) is 2.79. The highest BCUT2D eigenvalue weighted by Gasteiger charge is 2.46. The van der Waals surface area contributed by atoms with Crippen molar-refractivity contribution in [2.75, 3.05) is 6.54 Å². The van der Waals surface area contributed by atoms with Crippen molar-refractivity contribution in [1.29, 1.82) is 0 Å². The Hall–Kier alpha value is -0.570. The Morgan fingerprint density at radius 2 is 1.94 bits per heavy atom. The van der Waals surface area contributed by atoms with Crippen molar-refractivity contribution in [3.05, 3.63) is 0 Å². The second kappa shape index (κ2) is 4.84. The highest BCUT2D eigenvalue weighted by molar-refractivity contribution is 5.84.